The lowest BCUT2D eigenvalue weighted by atomic mass is 9.88. The molecule has 2 heterocycles. The first-order valence-corrected chi connectivity index (χ1v) is 10.3. The standard InChI is InChI=1S/C22H20ClNO3S/c1-3-27-21-15(5-4-6-18(21)26-2)16-11-19(25)24-20-17(12-28-22(16)20)13-7-9-14(23)10-8-13/h4-10,12,16H,3,11H2,1-2H3,(H,24,25). The summed E-state index contributed by atoms with van der Waals surface area (Å²) in [6.07, 6.45) is 0.376. The van der Waals surface area contributed by atoms with Crippen molar-refractivity contribution in [3.8, 4) is 22.6 Å². The van der Waals surface area contributed by atoms with E-state index in [9.17, 15) is 4.79 Å². The van der Waals surface area contributed by atoms with Crippen LogP contribution in [0.3, 0.4) is 0 Å². The quantitative estimate of drug-likeness (QED) is 0.562. The zero-order valence-corrected chi connectivity index (χ0v) is 17.2. The molecule has 1 atom stereocenters. The summed E-state index contributed by atoms with van der Waals surface area (Å²) in [5.74, 6) is 1.31. The van der Waals surface area contributed by atoms with Crippen molar-refractivity contribution in [2.75, 3.05) is 19.0 Å². The molecule has 1 aromatic heterocycles. The molecule has 28 heavy (non-hydrogen) atoms. The molecule has 0 radical (unpaired) electrons. The highest BCUT2D eigenvalue weighted by atomic mass is 35.5. The van der Waals surface area contributed by atoms with Gasteiger partial charge in [-0.2, -0.15) is 0 Å². The Bertz CT molecular complexity index is 1010. The third-order valence-electron chi connectivity index (χ3n) is 4.84. The number of nitrogens with one attached hydrogen (secondary N) is 1. The van der Waals surface area contributed by atoms with Crippen molar-refractivity contribution in [3.63, 3.8) is 0 Å². The Hall–Kier alpha value is -2.50. The third-order valence-corrected chi connectivity index (χ3v) is 6.19. The van der Waals surface area contributed by atoms with Gasteiger partial charge in [0.2, 0.25) is 5.91 Å². The number of para-hydroxylation sites is 1. The fourth-order valence-corrected chi connectivity index (χ4v) is 4.86. The second-order valence-electron chi connectivity index (χ2n) is 6.51. The van der Waals surface area contributed by atoms with Gasteiger partial charge in [-0.15, -0.1) is 11.3 Å². The maximum absolute atomic E-state index is 12.6. The Kier molecular flexibility index (Phi) is 5.29. The van der Waals surface area contributed by atoms with Gasteiger partial charge in [0.1, 0.15) is 0 Å². The number of rotatable bonds is 5. The number of halogens is 1. The molecule has 1 aliphatic rings. The van der Waals surface area contributed by atoms with E-state index in [1.54, 1.807) is 18.4 Å². The van der Waals surface area contributed by atoms with E-state index < -0.39 is 0 Å². The van der Waals surface area contributed by atoms with Crippen molar-refractivity contribution in [1.29, 1.82) is 0 Å². The van der Waals surface area contributed by atoms with Gasteiger partial charge in [0.05, 0.1) is 19.4 Å². The summed E-state index contributed by atoms with van der Waals surface area (Å²) >= 11 is 7.68. The van der Waals surface area contributed by atoms with Crippen molar-refractivity contribution in [2.24, 2.45) is 0 Å². The normalized spacial score (nSPS) is 15.7. The summed E-state index contributed by atoms with van der Waals surface area (Å²) in [4.78, 5) is 13.7. The highest BCUT2D eigenvalue weighted by molar-refractivity contribution is 7.11. The van der Waals surface area contributed by atoms with E-state index in [0.29, 0.717) is 29.5 Å². The fourth-order valence-electron chi connectivity index (χ4n) is 3.59. The first-order valence-electron chi connectivity index (χ1n) is 9.09. The number of methoxy groups -OCH3 is 1. The smallest absolute Gasteiger partial charge is 0.225 e. The molecule has 3 aromatic rings. The fraction of sp³-hybridized carbons (Fsp3) is 0.227. The molecule has 0 saturated carbocycles. The van der Waals surface area contributed by atoms with Crippen molar-refractivity contribution < 1.29 is 14.3 Å². The summed E-state index contributed by atoms with van der Waals surface area (Å²) in [5.41, 5.74) is 3.88. The van der Waals surface area contributed by atoms with Crippen LogP contribution in [-0.4, -0.2) is 19.6 Å². The number of carbonyl (C=O) groups excluding carboxylic acids is 1. The minimum atomic E-state index is -0.0774. The van der Waals surface area contributed by atoms with E-state index in [0.717, 1.165) is 27.3 Å². The minimum Gasteiger partial charge on any atom is -0.493 e. The Morgan fingerprint density at radius 3 is 2.71 bits per heavy atom. The second kappa shape index (κ2) is 7.86. The maximum atomic E-state index is 12.6. The second-order valence-corrected chi connectivity index (χ2v) is 7.86. The average Bonchev–Trinajstić information content (AvgIpc) is 3.12. The van der Waals surface area contributed by atoms with Crippen LogP contribution in [0.15, 0.2) is 47.8 Å². The van der Waals surface area contributed by atoms with Crippen molar-refractivity contribution in [2.45, 2.75) is 19.3 Å². The van der Waals surface area contributed by atoms with Gasteiger partial charge >= 0.3 is 0 Å². The Morgan fingerprint density at radius 2 is 2.00 bits per heavy atom. The predicted molar refractivity (Wildman–Crippen MR) is 114 cm³/mol. The molecule has 2 aromatic carbocycles. The topological polar surface area (TPSA) is 47.6 Å². The van der Waals surface area contributed by atoms with E-state index in [4.69, 9.17) is 21.1 Å². The number of benzene rings is 2. The largest absolute Gasteiger partial charge is 0.493 e. The molecular formula is C22H20ClNO3S. The Balaban J connectivity index is 1.83. The molecule has 0 fully saturated rings. The van der Waals surface area contributed by atoms with Gasteiger partial charge in [-0.05, 0) is 30.7 Å². The number of thiophene rings is 1. The summed E-state index contributed by atoms with van der Waals surface area (Å²) in [5, 5.41) is 5.85. The molecule has 1 N–H and O–H groups in total. The summed E-state index contributed by atoms with van der Waals surface area (Å²) < 4.78 is 11.4. The first kappa shape index (κ1) is 18.8. The minimum absolute atomic E-state index is 0.00335. The van der Waals surface area contributed by atoms with E-state index in [-0.39, 0.29) is 11.8 Å². The number of ether oxygens (including phenoxy) is 2. The van der Waals surface area contributed by atoms with Gasteiger partial charge in [0.25, 0.3) is 0 Å². The van der Waals surface area contributed by atoms with Crippen molar-refractivity contribution >= 4 is 34.5 Å². The Morgan fingerprint density at radius 1 is 1.21 bits per heavy atom. The molecule has 0 bridgehead atoms. The summed E-state index contributed by atoms with van der Waals surface area (Å²) in [6, 6.07) is 13.5. The monoisotopic (exact) mass is 413 g/mol. The van der Waals surface area contributed by atoms with Crippen LogP contribution in [-0.2, 0) is 4.79 Å². The van der Waals surface area contributed by atoms with Crippen LogP contribution in [0.5, 0.6) is 11.5 Å². The predicted octanol–water partition coefficient (Wildman–Crippen LogP) is 5.95. The zero-order chi connectivity index (χ0) is 19.7. The number of anilines is 1. The maximum Gasteiger partial charge on any atom is 0.225 e. The molecule has 6 heteroatoms. The van der Waals surface area contributed by atoms with Crippen LogP contribution >= 0.6 is 22.9 Å². The highest BCUT2D eigenvalue weighted by Crippen LogP contribution is 2.49. The highest BCUT2D eigenvalue weighted by Gasteiger charge is 2.33. The molecule has 4 nitrogen and oxygen atoms in total. The van der Waals surface area contributed by atoms with Gasteiger partial charge in [-0.3, -0.25) is 4.79 Å². The van der Waals surface area contributed by atoms with Gasteiger partial charge in [-0.25, -0.2) is 0 Å². The lowest BCUT2D eigenvalue weighted by molar-refractivity contribution is -0.116. The van der Waals surface area contributed by atoms with Gasteiger partial charge in [-0.1, -0.05) is 35.9 Å². The summed E-state index contributed by atoms with van der Waals surface area (Å²) in [7, 11) is 1.63. The Labute approximate surface area is 173 Å². The SMILES string of the molecule is CCOc1c(OC)cccc1C1CC(=O)Nc2c(-c3ccc(Cl)cc3)csc21. The van der Waals surface area contributed by atoms with Crippen molar-refractivity contribution in [1.82, 2.24) is 0 Å². The number of hydrogen-bond acceptors (Lipinski definition) is 4. The number of fused-ring (bicyclic) bond motifs is 1. The molecule has 1 unspecified atom stereocenters. The first-order chi connectivity index (χ1) is 13.6. The van der Waals surface area contributed by atoms with Crippen LogP contribution in [0, 0.1) is 0 Å². The molecule has 0 spiro atoms. The number of amides is 1. The van der Waals surface area contributed by atoms with E-state index in [1.165, 1.54) is 0 Å². The van der Waals surface area contributed by atoms with Gasteiger partial charge in [0.15, 0.2) is 11.5 Å². The van der Waals surface area contributed by atoms with Gasteiger partial charge < -0.3 is 14.8 Å². The van der Waals surface area contributed by atoms with Crippen LogP contribution in [0.4, 0.5) is 5.69 Å². The van der Waals surface area contributed by atoms with E-state index in [1.807, 2.05) is 49.4 Å². The summed E-state index contributed by atoms with van der Waals surface area (Å²) in [6.45, 7) is 2.47. The molecule has 0 saturated heterocycles. The molecule has 1 amide bonds. The number of carbonyl (C=O) groups is 1. The van der Waals surface area contributed by atoms with E-state index >= 15 is 0 Å². The molecule has 1 aliphatic heterocycles. The van der Waals surface area contributed by atoms with Crippen LogP contribution in [0.25, 0.3) is 11.1 Å². The molecule has 0 aliphatic carbocycles. The van der Waals surface area contributed by atoms with Crippen LogP contribution in [0.2, 0.25) is 5.02 Å². The molecule has 144 valence electrons. The molecular weight excluding hydrogens is 394 g/mol. The number of hydrogen-bond donors (Lipinski definition) is 1. The average molecular weight is 414 g/mol. The van der Waals surface area contributed by atoms with E-state index in [2.05, 4.69) is 10.7 Å². The van der Waals surface area contributed by atoms with Crippen LogP contribution < -0.4 is 14.8 Å². The zero-order valence-electron chi connectivity index (χ0n) is 15.6. The molecule has 4 rings (SSSR count). The lowest BCUT2D eigenvalue weighted by Crippen LogP contribution is -2.23. The van der Waals surface area contributed by atoms with Crippen LogP contribution in [0.1, 0.15) is 29.7 Å². The van der Waals surface area contributed by atoms with Gasteiger partial charge in [0, 0.05) is 38.7 Å². The third kappa shape index (κ3) is 3.36. The lowest BCUT2D eigenvalue weighted by Gasteiger charge is -2.26. The van der Waals surface area contributed by atoms with Crippen molar-refractivity contribution in [3.05, 3.63) is 63.3 Å².